The monoisotopic (exact) mass is 372 g/mol. The Labute approximate surface area is 157 Å². The quantitative estimate of drug-likeness (QED) is 0.702. The lowest BCUT2D eigenvalue weighted by Gasteiger charge is -2.28. The molecule has 0 saturated carbocycles. The predicted molar refractivity (Wildman–Crippen MR) is 103 cm³/mol. The minimum Gasteiger partial charge on any atom is -0.390 e. The van der Waals surface area contributed by atoms with E-state index in [9.17, 15) is 0 Å². The highest BCUT2D eigenvalue weighted by molar-refractivity contribution is 5.82. The Kier molecular flexibility index (Phi) is 5.05. The smallest absolute Gasteiger partial charge is 0.226 e. The first kappa shape index (κ1) is 17.5. The summed E-state index contributed by atoms with van der Waals surface area (Å²) < 4.78 is 5.45. The predicted octanol–water partition coefficient (Wildman–Crippen LogP) is 1.67. The van der Waals surface area contributed by atoms with Crippen LogP contribution in [-0.4, -0.2) is 64.8 Å². The molecule has 0 bridgehead atoms. The van der Waals surface area contributed by atoms with Gasteiger partial charge in [0.1, 0.15) is 23.6 Å². The van der Waals surface area contributed by atoms with Crippen molar-refractivity contribution in [1.82, 2.24) is 20.2 Å². The third kappa shape index (κ3) is 4.45. The van der Waals surface area contributed by atoms with Gasteiger partial charge in [-0.1, -0.05) is 5.16 Å². The third-order valence-corrected chi connectivity index (χ3v) is 4.38. The topological polar surface area (TPSA) is 113 Å². The molecule has 10 nitrogen and oxygen atoms in total. The van der Waals surface area contributed by atoms with Gasteiger partial charge in [-0.25, -0.2) is 0 Å². The van der Waals surface area contributed by atoms with Crippen LogP contribution in [0.4, 0.5) is 23.4 Å². The summed E-state index contributed by atoms with van der Waals surface area (Å²) in [5.41, 5.74) is 1.91. The molecule has 3 N–H and O–H groups in total. The molecule has 10 heteroatoms. The van der Waals surface area contributed by atoms with E-state index in [0.29, 0.717) is 31.5 Å². The van der Waals surface area contributed by atoms with Crippen LogP contribution in [0.25, 0.3) is 0 Å². The second-order valence-corrected chi connectivity index (χ2v) is 6.72. The zero-order chi connectivity index (χ0) is 18.6. The summed E-state index contributed by atoms with van der Waals surface area (Å²) in [6.45, 7) is 7.48. The number of H-pyrrole nitrogens is 1. The van der Waals surface area contributed by atoms with Crippen LogP contribution in [0.1, 0.15) is 19.0 Å². The number of ether oxygens (including phenoxy) is 1. The fraction of sp³-hybridized carbons (Fsp3) is 0.529. The van der Waals surface area contributed by atoms with E-state index >= 15 is 0 Å². The zero-order valence-corrected chi connectivity index (χ0v) is 15.5. The van der Waals surface area contributed by atoms with Gasteiger partial charge in [-0.15, -0.1) is 0 Å². The summed E-state index contributed by atoms with van der Waals surface area (Å²) >= 11 is 0. The molecular weight excluding hydrogens is 348 g/mol. The molecule has 2 aliphatic heterocycles. The van der Waals surface area contributed by atoms with Gasteiger partial charge in [0.25, 0.3) is 0 Å². The SMILES string of the molecule is CC1=NOC(CNc2nc(Nc3cc(C)n[nH]3)cc(N3CCOCC3)n2)C1. The minimum absolute atomic E-state index is 0.00677. The standard InChI is InChI=1S/C17H24N8O2/c1-11-8-15(23-22-11)19-14-9-16(25-3-5-26-6-4-25)21-17(20-14)18-10-13-7-12(2)24-27-13/h8-9,13H,3-7,10H2,1-2H3,(H3,18,19,20,21,22,23). The van der Waals surface area contributed by atoms with Crippen LogP contribution < -0.4 is 15.5 Å². The van der Waals surface area contributed by atoms with Crippen molar-refractivity contribution in [2.45, 2.75) is 26.4 Å². The van der Waals surface area contributed by atoms with Gasteiger partial charge < -0.3 is 25.1 Å². The van der Waals surface area contributed by atoms with E-state index in [2.05, 4.69) is 40.9 Å². The first-order valence-electron chi connectivity index (χ1n) is 9.10. The molecule has 0 spiro atoms. The van der Waals surface area contributed by atoms with E-state index < -0.39 is 0 Å². The number of hydrogen-bond donors (Lipinski definition) is 3. The van der Waals surface area contributed by atoms with Crippen LogP contribution >= 0.6 is 0 Å². The van der Waals surface area contributed by atoms with Crippen molar-refractivity contribution in [2.75, 3.05) is 48.4 Å². The maximum atomic E-state index is 5.45. The van der Waals surface area contributed by atoms with Gasteiger partial charge in [-0.05, 0) is 13.8 Å². The van der Waals surface area contributed by atoms with Gasteiger partial charge in [0.15, 0.2) is 0 Å². The van der Waals surface area contributed by atoms with Gasteiger partial charge >= 0.3 is 0 Å². The van der Waals surface area contributed by atoms with Crippen molar-refractivity contribution in [3.05, 3.63) is 17.8 Å². The van der Waals surface area contributed by atoms with Crippen molar-refractivity contribution >= 4 is 29.1 Å². The fourth-order valence-corrected chi connectivity index (χ4v) is 3.04. The number of hydrogen-bond acceptors (Lipinski definition) is 9. The highest BCUT2D eigenvalue weighted by atomic mass is 16.6. The van der Waals surface area contributed by atoms with Gasteiger partial charge in [0.2, 0.25) is 5.95 Å². The fourth-order valence-electron chi connectivity index (χ4n) is 3.04. The average molecular weight is 372 g/mol. The number of rotatable bonds is 6. The van der Waals surface area contributed by atoms with Crippen LogP contribution in [0.5, 0.6) is 0 Å². The Hall–Kier alpha value is -2.88. The largest absolute Gasteiger partial charge is 0.390 e. The van der Waals surface area contributed by atoms with E-state index in [-0.39, 0.29) is 6.10 Å². The summed E-state index contributed by atoms with van der Waals surface area (Å²) in [5, 5.41) is 17.6. The molecule has 0 aliphatic carbocycles. The highest BCUT2D eigenvalue weighted by Gasteiger charge is 2.19. The van der Waals surface area contributed by atoms with Gasteiger partial charge in [0, 0.05) is 31.6 Å². The first-order chi connectivity index (χ1) is 13.2. The van der Waals surface area contributed by atoms with Crippen LogP contribution in [0.3, 0.4) is 0 Å². The molecule has 4 rings (SSSR count). The van der Waals surface area contributed by atoms with Gasteiger partial charge in [0.05, 0.1) is 31.2 Å². The molecule has 0 amide bonds. The summed E-state index contributed by atoms with van der Waals surface area (Å²) in [7, 11) is 0. The lowest BCUT2D eigenvalue weighted by molar-refractivity contribution is 0.0948. The maximum absolute atomic E-state index is 5.45. The van der Waals surface area contributed by atoms with Crippen molar-refractivity contribution in [2.24, 2.45) is 5.16 Å². The number of aryl methyl sites for hydroxylation is 1. The number of aromatic amines is 1. The van der Waals surface area contributed by atoms with Crippen molar-refractivity contribution < 1.29 is 9.57 Å². The molecule has 2 aromatic rings. The molecule has 2 aliphatic rings. The molecule has 1 atom stereocenters. The average Bonchev–Trinajstić information content (AvgIpc) is 3.28. The van der Waals surface area contributed by atoms with Crippen LogP contribution in [0.2, 0.25) is 0 Å². The molecule has 2 aromatic heterocycles. The number of nitrogens with zero attached hydrogens (tertiary/aromatic N) is 5. The number of morpholine rings is 1. The summed E-state index contributed by atoms with van der Waals surface area (Å²) in [4.78, 5) is 16.8. The van der Waals surface area contributed by atoms with E-state index in [4.69, 9.17) is 9.57 Å². The number of oxime groups is 1. The Balaban J connectivity index is 1.51. The number of nitrogens with one attached hydrogen (secondary N) is 3. The summed E-state index contributed by atoms with van der Waals surface area (Å²) in [6.07, 6.45) is 0.821. The van der Waals surface area contributed by atoms with E-state index in [1.807, 2.05) is 26.0 Å². The lowest BCUT2D eigenvalue weighted by atomic mass is 10.2. The van der Waals surface area contributed by atoms with E-state index in [1.165, 1.54) is 0 Å². The Bertz CT molecular complexity index is 815. The first-order valence-corrected chi connectivity index (χ1v) is 9.10. The van der Waals surface area contributed by atoms with Crippen LogP contribution in [0.15, 0.2) is 17.3 Å². The Morgan fingerprint density at radius 3 is 2.78 bits per heavy atom. The minimum atomic E-state index is 0.00677. The summed E-state index contributed by atoms with van der Waals surface area (Å²) in [6, 6.07) is 3.86. The molecule has 27 heavy (non-hydrogen) atoms. The number of anilines is 4. The van der Waals surface area contributed by atoms with Crippen LogP contribution in [-0.2, 0) is 9.57 Å². The Morgan fingerprint density at radius 1 is 1.22 bits per heavy atom. The van der Waals surface area contributed by atoms with Crippen LogP contribution in [0, 0.1) is 6.92 Å². The third-order valence-electron chi connectivity index (χ3n) is 4.38. The van der Waals surface area contributed by atoms with Crippen molar-refractivity contribution in [3.63, 3.8) is 0 Å². The molecule has 1 unspecified atom stereocenters. The summed E-state index contributed by atoms with van der Waals surface area (Å²) in [5.74, 6) is 2.88. The highest BCUT2D eigenvalue weighted by Crippen LogP contribution is 2.22. The maximum Gasteiger partial charge on any atom is 0.226 e. The molecule has 144 valence electrons. The lowest BCUT2D eigenvalue weighted by Crippen LogP contribution is -2.37. The normalized spacial score (nSPS) is 19.6. The molecule has 1 fully saturated rings. The molecule has 1 saturated heterocycles. The van der Waals surface area contributed by atoms with Gasteiger partial charge in [-0.2, -0.15) is 15.1 Å². The second kappa shape index (κ2) is 7.78. The van der Waals surface area contributed by atoms with Crippen molar-refractivity contribution in [3.8, 4) is 0 Å². The second-order valence-electron chi connectivity index (χ2n) is 6.72. The molecular formula is C17H24N8O2. The Morgan fingerprint density at radius 2 is 2.07 bits per heavy atom. The molecule has 0 radical (unpaired) electrons. The molecule has 4 heterocycles. The van der Waals surface area contributed by atoms with E-state index in [1.54, 1.807) is 0 Å². The van der Waals surface area contributed by atoms with Gasteiger partial charge in [-0.3, -0.25) is 5.10 Å². The number of aromatic nitrogens is 4. The zero-order valence-electron chi connectivity index (χ0n) is 15.5. The van der Waals surface area contributed by atoms with E-state index in [0.717, 1.165) is 42.6 Å². The van der Waals surface area contributed by atoms with Crippen molar-refractivity contribution in [1.29, 1.82) is 0 Å². The molecule has 0 aromatic carbocycles.